The number of aliphatic hydroxyl groups excluding tert-OH is 1. The van der Waals surface area contributed by atoms with Gasteiger partial charge in [0.1, 0.15) is 6.10 Å². The van der Waals surface area contributed by atoms with Crippen LogP contribution in [0.3, 0.4) is 0 Å². The highest BCUT2D eigenvalue weighted by Crippen LogP contribution is 2.28. The first-order valence-corrected chi connectivity index (χ1v) is 12.1. The van der Waals surface area contributed by atoms with Crippen LogP contribution in [0.5, 0.6) is 0 Å². The van der Waals surface area contributed by atoms with E-state index in [9.17, 15) is 9.90 Å². The maximum absolute atomic E-state index is 12.3. The van der Waals surface area contributed by atoms with Gasteiger partial charge < -0.3 is 24.6 Å². The molecule has 2 N–H and O–H groups in total. The Morgan fingerprint density at radius 3 is 2.69 bits per heavy atom. The highest BCUT2D eigenvalue weighted by atomic mass is 16.5. The molecule has 182 valence electrons. The first kappa shape index (κ1) is 26.8. The number of aliphatic hydroxyl groups is 1. The van der Waals surface area contributed by atoms with Gasteiger partial charge in [0.05, 0.1) is 36.6 Å². The third-order valence-electron chi connectivity index (χ3n) is 6.35. The number of amides is 1. The molecule has 0 aliphatic carbocycles. The summed E-state index contributed by atoms with van der Waals surface area (Å²) in [6.45, 7) is 12.8. The summed E-state index contributed by atoms with van der Waals surface area (Å²) in [7, 11) is 0. The third-order valence-corrected chi connectivity index (χ3v) is 6.35. The Labute approximate surface area is 194 Å². The first-order valence-electron chi connectivity index (χ1n) is 12.1. The van der Waals surface area contributed by atoms with Crippen molar-refractivity contribution in [2.75, 3.05) is 6.61 Å². The Balaban J connectivity index is 1.82. The fourth-order valence-electron chi connectivity index (χ4n) is 4.27. The Morgan fingerprint density at radius 1 is 1.22 bits per heavy atom. The number of allylic oxidation sites excluding steroid dienone is 2. The van der Waals surface area contributed by atoms with E-state index >= 15 is 0 Å². The van der Waals surface area contributed by atoms with Crippen LogP contribution in [-0.2, 0) is 19.0 Å². The van der Waals surface area contributed by atoms with Crippen molar-refractivity contribution in [3.8, 4) is 0 Å². The minimum atomic E-state index is -0.429. The minimum Gasteiger partial charge on any atom is -0.390 e. The van der Waals surface area contributed by atoms with Gasteiger partial charge in [-0.2, -0.15) is 0 Å². The molecule has 0 aromatic carbocycles. The van der Waals surface area contributed by atoms with Crippen LogP contribution in [0.15, 0.2) is 36.0 Å². The largest absolute Gasteiger partial charge is 0.390 e. The molecule has 8 unspecified atom stereocenters. The Kier molecular flexibility index (Phi) is 11.1. The van der Waals surface area contributed by atoms with E-state index in [2.05, 4.69) is 25.2 Å². The average Bonchev–Trinajstić information content (AvgIpc) is 2.74. The van der Waals surface area contributed by atoms with Crippen molar-refractivity contribution in [1.29, 1.82) is 0 Å². The Bertz CT molecular complexity index is 673. The lowest BCUT2D eigenvalue weighted by molar-refractivity contribution is -0.123. The highest BCUT2D eigenvalue weighted by molar-refractivity contribution is 5.87. The van der Waals surface area contributed by atoms with Crippen molar-refractivity contribution < 1.29 is 24.1 Å². The van der Waals surface area contributed by atoms with E-state index in [0.29, 0.717) is 12.5 Å². The van der Waals surface area contributed by atoms with E-state index in [-0.39, 0.29) is 42.5 Å². The van der Waals surface area contributed by atoms with E-state index in [0.717, 1.165) is 31.3 Å². The summed E-state index contributed by atoms with van der Waals surface area (Å²) in [5, 5.41) is 13.2. The van der Waals surface area contributed by atoms with Gasteiger partial charge >= 0.3 is 0 Å². The molecule has 32 heavy (non-hydrogen) atoms. The fourth-order valence-corrected chi connectivity index (χ4v) is 4.27. The normalized spacial score (nSPS) is 35.3. The maximum atomic E-state index is 12.3. The van der Waals surface area contributed by atoms with Gasteiger partial charge in [-0.05, 0) is 66.2 Å². The Morgan fingerprint density at radius 2 is 1.97 bits per heavy atom. The van der Waals surface area contributed by atoms with E-state index in [1.807, 2.05) is 39.8 Å². The van der Waals surface area contributed by atoms with Gasteiger partial charge in [0, 0.05) is 12.7 Å². The van der Waals surface area contributed by atoms with E-state index in [4.69, 9.17) is 14.2 Å². The summed E-state index contributed by atoms with van der Waals surface area (Å²) < 4.78 is 17.5. The van der Waals surface area contributed by atoms with Gasteiger partial charge in [-0.1, -0.05) is 36.8 Å². The molecule has 2 heterocycles. The smallest absolute Gasteiger partial charge is 0.244 e. The standard InChI is InChI=1S/C26H43NO5/c1-7-30-19(4)11-15-26(29)27-22-16-18(3)24(32-21(22)6)13-8-17(2)9-14-25-23(28)12-10-20(5)31-25/h8-9,11,14-15,18-25,28H,7,10,12-13,16H2,1-6H3,(H,27,29). The number of hydrogen-bond acceptors (Lipinski definition) is 5. The van der Waals surface area contributed by atoms with E-state index < -0.39 is 6.10 Å². The van der Waals surface area contributed by atoms with Crippen LogP contribution in [0.4, 0.5) is 0 Å². The molecule has 2 rings (SSSR count). The molecule has 1 amide bonds. The molecule has 0 saturated carbocycles. The van der Waals surface area contributed by atoms with Gasteiger partial charge in [-0.3, -0.25) is 4.79 Å². The van der Waals surface area contributed by atoms with Crippen molar-refractivity contribution in [2.24, 2.45) is 5.92 Å². The maximum Gasteiger partial charge on any atom is 0.244 e. The van der Waals surface area contributed by atoms with E-state index in [1.165, 1.54) is 0 Å². The topological polar surface area (TPSA) is 77.0 Å². The van der Waals surface area contributed by atoms with Crippen molar-refractivity contribution in [3.63, 3.8) is 0 Å². The molecule has 0 bridgehead atoms. The van der Waals surface area contributed by atoms with Crippen molar-refractivity contribution in [2.45, 2.75) is 110 Å². The first-order chi connectivity index (χ1) is 15.2. The lowest BCUT2D eigenvalue weighted by atomic mass is 9.88. The number of ether oxygens (including phenoxy) is 3. The summed E-state index contributed by atoms with van der Waals surface area (Å²) in [4.78, 5) is 12.3. The number of hydrogen-bond donors (Lipinski definition) is 2. The molecule has 6 nitrogen and oxygen atoms in total. The van der Waals surface area contributed by atoms with Gasteiger partial charge in [-0.25, -0.2) is 0 Å². The molecule has 0 spiro atoms. The molecule has 2 aliphatic heterocycles. The number of nitrogens with one attached hydrogen (secondary N) is 1. The Hall–Kier alpha value is -1.47. The van der Waals surface area contributed by atoms with Gasteiger partial charge in [-0.15, -0.1) is 0 Å². The zero-order valence-electron chi connectivity index (χ0n) is 20.6. The van der Waals surface area contributed by atoms with Crippen LogP contribution in [0, 0.1) is 5.92 Å². The molecule has 2 fully saturated rings. The summed E-state index contributed by atoms with van der Waals surface area (Å²) in [6.07, 6.45) is 12.4. The second-order valence-electron chi connectivity index (χ2n) is 9.33. The molecule has 6 heteroatoms. The second-order valence-corrected chi connectivity index (χ2v) is 9.33. The van der Waals surface area contributed by atoms with Crippen LogP contribution in [0.25, 0.3) is 0 Å². The van der Waals surface area contributed by atoms with Crippen LogP contribution in [0.1, 0.15) is 67.2 Å². The third kappa shape index (κ3) is 8.81. The quantitative estimate of drug-likeness (QED) is 0.410. The van der Waals surface area contributed by atoms with Crippen LogP contribution in [-0.4, -0.2) is 60.3 Å². The SMILES string of the molecule is CCOC(C)C=CC(=O)NC1CC(C)C(CC=C(C)C=CC2OC(C)CCC2O)OC1C. The highest BCUT2D eigenvalue weighted by Gasteiger charge is 2.33. The van der Waals surface area contributed by atoms with Crippen LogP contribution >= 0.6 is 0 Å². The molecule has 2 saturated heterocycles. The van der Waals surface area contributed by atoms with Gasteiger partial charge in [0.25, 0.3) is 0 Å². The molecular weight excluding hydrogens is 406 g/mol. The average molecular weight is 450 g/mol. The number of carbonyl (C=O) groups is 1. The van der Waals surface area contributed by atoms with Crippen molar-refractivity contribution in [3.05, 3.63) is 36.0 Å². The molecule has 0 radical (unpaired) electrons. The monoisotopic (exact) mass is 449 g/mol. The zero-order chi connectivity index (χ0) is 23.7. The van der Waals surface area contributed by atoms with Crippen molar-refractivity contribution >= 4 is 5.91 Å². The molecule has 2 aliphatic rings. The molecule has 8 atom stereocenters. The minimum absolute atomic E-state index is 0.00213. The van der Waals surface area contributed by atoms with Crippen molar-refractivity contribution in [1.82, 2.24) is 5.32 Å². The van der Waals surface area contributed by atoms with Crippen LogP contribution in [0.2, 0.25) is 0 Å². The predicted octanol–water partition coefficient (Wildman–Crippen LogP) is 4.09. The lowest BCUT2D eigenvalue weighted by Crippen LogP contribution is -2.50. The second kappa shape index (κ2) is 13.3. The molecule has 0 aromatic heterocycles. The van der Waals surface area contributed by atoms with Gasteiger partial charge in [0.2, 0.25) is 5.91 Å². The summed E-state index contributed by atoms with van der Waals surface area (Å²) in [5.74, 6) is 0.227. The van der Waals surface area contributed by atoms with E-state index in [1.54, 1.807) is 12.2 Å². The fraction of sp³-hybridized carbons (Fsp3) is 0.731. The van der Waals surface area contributed by atoms with Gasteiger partial charge in [0.15, 0.2) is 0 Å². The zero-order valence-corrected chi connectivity index (χ0v) is 20.6. The summed E-state index contributed by atoms with van der Waals surface area (Å²) in [6, 6.07) is -0.00213. The number of rotatable bonds is 9. The molecular formula is C26H43NO5. The summed E-state index contributed by atoms with van der Waals surface area (Å²) in [5.41, 5.74) is 1.13. The molecule has 0 aromatic rings. The lowest BCUT2D eigenvalue weighted by Gasteiger charge is -2.39. The number of carbonyl (C=O) groups excluding carboxylic acids is 1. The predicted molar refractivity (Wildman–Crippen MR) is 127 cm³/mol. The van der Waals surface area contributed by atoms with Crippen LogP contribution < -0.4 is 5.32 Å². The summed E-state index contributed by atoms with van der Waals surface area (Å²) >= 11 is 0.